The van der Waals surface area contributed by atoms with Crippen molar-refractivity contribution in [3.8, 4) is 0 Å². The van der Waals surface area contributed by atoms with E-state index in [1.165, 1.54) is 5.56 Å². The zero-order chi connectivity index (χ0) is 15.7. The Kier molecular flexibility index (Phi) is 8.28. The molecule has 1 aromatic rings. The molecule has 0 fully saturated rings. The number of carbonyl (C=O) groups is 1. The Labute approximate surface area is 130 Å². The molecule has 0 radical (unpaired) electrons. The molecule has 1 aromatic carbocycles. The monoisotopic (exact) mass is 310 g/mol. The maximum absolute atomic E-state index is 12.0. The average molecular weight is 310 g/mol. The summed E-state index contributed by atoms with van der Waals surface area (Å²) in [6, 6.07) is 10.3. The van der Waals surface area contributed by atoms with Crippen LogP contribution in [-0.2, 0) is 20.3 Å². The summed E-state index contributed by atoms with van der Waals surface area (Å²) < 4.78 is 16.5. The quantitative estimate of drug-likeness (QED) is 0.655. The summed E-state index contributed by atoms with van der Waals surface area (Å²) in [6.45, 7) is 6.17. The van der Waals surface area contributed by atoms with Crippen molar-refractivity contribution in [2.75, 3.05) is 18.1 Å². The Morgan fingerprint density at radius 3 is 2.48 bits per heavy atom. The predicted octanol–water partition coefficient (Wildman–Crippen LogP) is 3.52. The van der Waals surface area contributed by atoms with Crippen molar-refractivity contribution in [2.45, 2.75) is 39.5 Å². The molecule has 0 bridgehead atoms. The predicted molar refractivity (Wildman–Crippen MR) is 87.8 cm³/mol. The van der Waals surface area contributed by atoms with Gasteiger partial charge in [-0.15, -0.1) is 0 Å². The zero-order valence-electron chi connectivity index (χ0n) is 13.2. The molecule has 0 heterocycles. The summed E-state index contributed by atoms with van der Waals surface area (Å²) in [5, 5.41) is 0. The van der Waals surface area contributed by atoms with E-state index in [9.17, 15) is 9.00 Å². The highest BCUT2D eigenvalue weighted by Gasteiger charge is 2.20. The van der Waals surface area contributed by atoms with E-state index in [2.05, 4.69) is 19.1 Å². The molecule has 0 saturated heterocycles. The highest BCUT2D eigenvalue weighted by atomic mass is 32.2. The van der Waals surface area contributed by atoms with Gasteiger partial charge in [0.25, 0.3) is 0 Å². The molecule has 0 aliphatic rings. The molecule has 3 atom stereocenters. The first kappa shape index (κ1) is 17.9. The standard InChI is InChI=1S/C17H26O3S/c1-4-15(16-9-7-6-8-10-16)13-14(3)17(18)20-11-12-21(19)5-2/h6-10,14-15H,4-5,11-13H2,1-3H3. The molecular formula is C17H26O3S. The highest BCUT2D eigenvalue weighted by Crippen LogP contribution is 2.27. The van der Waals surface area contributed by atoms with Gasteiger partial charge in [0.2, 0.25) is 0 Å². The van der Waals surface area contributed by atoms with E-state index in [4.69, 9.17) is 4.74 Å². The third-order valence-corrected chi connectivity index (χ3v) is 4.95. The lowest BCUT2D eigenvalue weighted by Gasteiger charge is -2.19. The summed E-state index contributed by atoms with van der Waals surface area (Å²) in [5.74, 6) is 1.10. The molecule has 1 rings (SSSR count). The van der Waals surface area contributed by atoms with Crippen molar-refractivity contribution in [1.82, 2.24) is 0 Å². The number of esters is 1. The lowest BCUT2D eigenvalue weighted by Crippen LogP contribution is -2.20. The summed E-state index contributed by atoms with van der Waals surface area (Å²) in [6.07, 6.45) is 1.79. The third-order valence-electron chi connectivity index (χ3n) is 3.68. The molecule has 118 valence electrons. The maximum Gasteiger partial charge on any atom is 0.308 e. The molecule has 21 heavy (non-hydrogen) atoms. The lowest BCUT2D eigenvalue weighted by molar-refractivity contribution is -0.147. The molecule has 0 N–H and O–H groups in total. The second-order valence-electron chi connectivity index (χ2n) is 5.25. The Morgan fingerprint density at radius 2 is 1.90 bits per heavy atom. The van der Waals surface area contributed by atoms with Gasteiger partial charge in [-0.2, -0.15) is 0 Å². The van der Waals surface area contributed by atoms with E-state index < -0.39 is 10.8 Å². The Morgan fingerprint density at radius 1 is 1.24 bits per heavy atom. The second-order valence-corrected chi connectivity index (χ2v) is 7.12. The highest BCUT2D eigenvalue weighted by molar-refractivity contribution is 7.84. The fourth-order valence-corrected chi connectivity index (χ4v) is 2.87. The van der Waals surface area contributed by atoms with Gasteiger partial charge in [0, 0.05) is 16.6 Å². The second kappa shape index (κ2) is 9.72. The van der Waals surface area contributed by atoms with Crippen molar-refractivity contribution >= 4 is 16.8 Å². The van der Waals surface area contributed by atoms with Gasteiger partial charge in [0.05, 0.1) is 11.7 Å². The smallest absolute Gasteiger partial charge is 0.308 e. The molecule has 3 nitrogen and oxygen atoms in total. The number of hydrogen-bond donors (Lipinski definition) is 0. The lowest BCUT2D eigenvalue weighted by atomic mass is 9.88. The first-order chi connectivity index (χ1) is 10.1. The van der Waals surface area contributed by atoms with Crippen LogP contribution in [0.4, 0.5) is 0 Å². The van der Waals surface area contributed by atoms with Gasteiger partial charge >= 0.3 is 5.97 Å². The molecule has 0 spiro atoms. The Hall–Kier alpha value is -1.16. The molecular weight excluding hydrogens is 284 g/mol. The van der Waals surface area contributed by atoms with Crippen molar-refractivity contribution in [3.05, 3.63) is 35.9 Å². The molecule has 4 heteroatoms. The molecule has 0 aliphatic heterocycles. The Bertz CT molecular complexity index is 445. The number of benzene rings is 1. The molecule has 3 unspecified atom stereocenters. The van der Waals surface area contributed by atoms with Crippen LogP contribution in [0.25, 0.3) is 0 Å². The summed E-state index contributed by atoms with van der Waals surface area (Å²) in [5.41, 5.74) is 1.27. The molecule has 0 amide bonds. The number of carbonyl (C=O) groups excluding carboxylic acids is 1. The summed E-state index contributed by atoms with van der Waals surface area (Å²) in [7, 11) is -0.876. The van der Waals surface area contributed by atoms with Gasteiger partial charge < -0.3 is 4.74 Å². The van der Waals surface area contributed by atoms with Crippen LogP contribution in [-0.4, -0.2) is 28.3 Å². The van der Waals surface area contributed by atoms with Crippen LogP contribution in [0, 0.1) is 5.92 Å². The van der Waals surface area contributed by atoms with E-state index in [1.54, 1.807) is 0 Å². The van der Waals surface area contributed by atoms with Crippen LogP contribution in [0.2, 0.25) is 0 Å². The van der Waals surface area contributed by atoms with Crippen LogP contribution in [0.15, 0.2) is 30.3 Å². The number of hydrogen-bond acceptors (Lipinski definition) is 3. The average Bonchev–Trinajstić information content (AvgIpc) is 2.52. The van der Waals surface area contributed by atoms with Crippen LogP contribution >= 0.6 is 0 Å². The van der Waals surface area contributed by atoms with E-state index in [-0.39, 0.29) is 18.5 Å². The van der Waals surface area contributed by atoms with Gasteiger partial charge in [-0.25, -0.2) is 0 Å². The largest absolute Gasteiger partial charge is 0.465 e. The molecule has 0 saturated carbocycles. The van der Waals surface area contributed by atoms with E-state index in [1.807, 2.05) is 32.0 Å². The molecule has 0 aliphatic carbocycles. The zero-order valence-corrected chi connectivity index (χ0v) is 14.0. The van der Waals surface area contributed by atoms with Gasteiger partial charge in [-0.05, 0) is 24.3 Å². The van der Waals surface area contributed by atoms with Gasteiger partial charge in [0.15, 0.2) is 0 Å². The van der Waals surface area contributed by atoms with Crippen molar-refractivity contribution in [2.24, 2.45) is 5.92 Å². The van der Waals surface area contributed by atoms with Gasteiger partial charge in [-0.1, -0.05) is 51.1 Å². The summed E-state index contributed by atoms with van der Waals surface area (Å²) >= 11 is 0. The Balaban J connectivity index is 2.45. The van der Waals surface area contributed by atoms with Gasteiger partial charge in [0.1, 0.15) is 6.61 Å². The van der Waals surface area contributed by atoms with Crippen LogP contribution in [0.3, 0.4) is 0 Å². The summed E-state index contributed by atoms with van der Waals surface area (Å²) in [4.78, 5) is 12.0. The van der Waals surface area contributed by atoms with E-state index in [0.717, 1.165) is 12.8 Å². The normalized spacial score (nSPS) is 15.2. The fraction of sp³-hybridized carbons (Fsp3) is 0.588. The van der Waals surface area contributed by atoms with Crippen molar-refractivity contribution in [1.29, 1.82) is 0 Å². The van der Waals surface area contributed by atoms with Crippen molar-refractivity contribution < 1.29 is 13.7 Å². The molecule has 0 aromatic heterocycles. The first-order valence-corrected chi connectivity index (χ1v) is 9.13. The topological polar surface area (TPSA) is 43.4 Å². The maximum atomic E-state index is 12.0. The fourth-order valence-electron chi connectivity index (χ4n) is 2.31. The van der Waals surface area contributed by atoms with Crippen LogP contribution < -0.4 is 0 Å². The van der Waals surface area contributed by atoms with Gasteiger partial charge in [-0.3, -0.25) is 9.00 Å². The minimum Gasteiger partial charge on any atom is -0.465 e. The number of rotatable bonds is 9. The van der Waals surface area contributed by atoms with Crippen molar-refractivity contribution in [3.63, 3.8) is 0 Å². The first-order valence-electron chi connectivity index (χ1n) is 7.65. The van der Waals surface area contributed by atoms with E-state index in [0.29, 0.717) is 17.4 Å². The van der Waals surface area contributed by atoms with Crippen LogP contribution in [0.5, 0.6) is 0 Å². The minimum atomic E-state index is -0.876. The van der Waals surface area contributed by atoms with E-state index >= 15 is 0 Å². The third kappa shape index (κ3) is 6.42. The minimum absolute atomic E-state index is 0.134. The number of ether oxygens (including phenoxy) is 1. The van der Waals surface area contributed by atoms with Crippen LogP contribution in [0.1, 0.15) is 45.1 Å². The SMILES string of the molecule is CCC(CC(C)C(=O)OCCS(=O)CC)c1ccccc1.